The standard InChI is InChI=1S/C23H19FN2O3S/c24-17-6-3-5-16(10-17)22-25-18(13-30-22)12-21(27)26-20(23(28)29)11-15-9-8-14-4-1-2-7-19(14)15/h1-7,9-10,13,20H,8,11-12H2,(H,26,27)(H,28,29)/t20-/m1/s1. The first-order chi connectivity index (χ1) is 14.5. The van der Waals surface area contributed by atoms with E-state index in [9.17, 15) is 19.1 Å². The van der Waals surface area contributed by atoms with Crippen molar-refractivity contribution in [3.8, 4) is 10.6 Å². The Hall–Kier alpha value is -3.32. The Morgan fingerprint density at radius 3 is 2.83 bits per heavy atom. The van der Waals surface area contributed by atoms with Crippen molar-refractivity contribution < 1.29 is 19.1 Å². The number of nitrogens with one attached hydrogen (secondary N) is 1. The molecule has 0 fully saturated rings. The monoisotopic (exact) mass is 422 g/mol. The van der Waals surface area contributed by atoms with Gasteiger partial charge in [-0.25, -0.2) is 14.2 Å². The van der Waals surface area contributed by atoms with Crippen molar-refractivity contribution in [1.29, 1.82) is 0 Å². The van der Waals surface area contributed by atoms with Gasteiger partial charge in [-0.15, -0.1) is 11.3 Å². The molecule has 3 aromatic rings. The molecule has 30 heavy (non-hydrogen) atoms. The summed E-state index contributed by atoms with van der Waals surface area (Å²) < 4.78 is 13.4. The van der Waals surface area contributed by atoms with E-state index in [1.165, 1.54) is 23.5 Å². The first-order valence-corrected chi connectivity index (χ1v) is 10.4. The molecular weight excluding hydrogens is 403 g/mol. The van der Waals surface area contributed by atoms with Gasteiger partial charge in [-0.2, -0.15) is 0 Å². The average molecular weight is 422 g/mol. The molecule has 0 bridgehead atoms. The SMILES string of the molecule is O=C(Cc1csc(-c2cccc(F)c2)n1)N[C@H](CC1=CCc2ccccc21)C(=O)O. The number of benzene rings is 2. The fraction of sp³-hybridized carbons (Fsp3) is 0.174. The quantitative estimate of drug-likeness (QED) is 0.601. The molecule has 0 unspecified atom stereocenters. The minimum absolute atomic E-state index is 0.0365. The summed E-state index contributed by atoms with van der Waals surface area (Å²) in [4.78, 5) is 28.6. The van der Waals surface area contributed by atoms with E-state index < -0.39 is 17.9 Å². The first-order valence-electron chi connectivity index (χ1n) is 9.49. The Labute approximate surface area is 176 Å². The number of allylic oxidation sites excluding steroid dienone is 1. The van der Waals surface area contributed by atoms with Crippen molar-refractivity contribution in [3.63, 3.8) is 0 Å². The van der Waals surface area contributed by atoms with Gasteiger partial charge in [0.05, 0.1) is 12.1 Å². The number of carbonyl (C=O) groups excluding carboxylic acids is 1. The van der Waals surface area contributed by atoms with Crippen molar-refractivity contribution >= 4 is 28.8 Å². The Morgan fingerprint density at radius 2 is 2.03 bits per heavy atom. The summed E-state index contributed by atoms with van der Waals surface area (Å²) in [7, 11) is 0. The van der Waals surface area contributed by atoms with Gasteiger partial charge in [-0.3, -0.25) is 4.79 Å². The number of carboxylic acid groups (broad SMARTS) is 1. The van der Waals surface area contributed by atoms with Crippen LogP contribution in [0.25, 0.3) is 16.1 Å². The Morgan fingerprint density at radius 1 is 1.20 bits per heavy atom. The zero-order valence-corrected chi connectivity index (χ0v) is 16.8. The smallest absolute Gasteiger partial charge is 0.326 e. The minimum atomic E-state index is -1.08. The maximum Gasteiger partial charge on any atom is 0.326 e. The lowest BCUT2D eigenvalue weighted by molar-refractivity contribution is -0.141. The summed E-state index contributed by atoms with van der Waals surface area (Å²) >= 11 is 1.31. The Bertz CT molecular complexity index is 1140. The molecule has 0 radical (unpaired) electrons. The number of thiazole rings is 1. The van der Waals surface area contributed by atoms with E-state index >= 15 is 0 Å². The molecule has 4 rings (SSSR count). The molecule has 152 valence electrons. The molecule has 1 amide bonds. The molecule has 1 aliphatic carbocycles. The van der Waals surface area contributed by atoms with Crippen LogP contribution < -0.4 is 5.32 Å². The zero-order valence-electron chi connectivity index (χ0n) is 16.0. The van der Waals surface area contributed by atoms with Crippen LogP contribution in [0.5, 0.6) is 0 Å². The van der Waals surface area contributed by atoms with E-state index in [0.29, 0.717) is 16.3 Å². The molecule has 1 aliphatic rings. The van der Waals surface area contributed by atoms with Crippen molar-refractivity contribution in [1.82, 2.24) is 10.3 Å². The van der Waals surface area contributed by atoms with Crippen molar-refractivity contribution in [2.75, 3.05) is 0 Å². The number of carboxylic acids is 1. The fourth-order valence-corrected chi connectivity index (χ4v) is 4.34. The highest BCUT2D eigenvalue weighted by Crippen LogP contribution is 2.30. The number of fused-ring (bicyclic) bond motifs is 1. The number of hydrogen-bond acceptors (Lipinski definition) is 4. The zero-order chi connectivity index (χ0) is 21.1. The van der Waals surface area contributed by atoms with E-state index in [2.05, 4.69) is 10.3 Å². The van der Waals surface area contributed by atoms with E-state index in [1.54, 1.807) is 17.5 Å². The number of halogens is 1. The molecule has 2 aromatic carbocycles. The predicted molar refractivity (Wildman–Crippen MR) is 114 cm³/mol. The van der Waals surface area contributed by atoms with Crippen LogP contribution in [0.1, 0.15) is 23.2 Å². The normalized spacial score (nSPS) is 13.4. The Balaban J connectivity index is 1.40. The van der Waals surface area contributed by atoms with Gasteiger partial charge in [-0.1, -0.05) is 42.5 Å². The highest BCUT2D eigenvalue weighted by molar-refractivity contribution is 7.13. The van der Waals surface area contributed by atoms with Crippen LogP contribution in [-0.4, -0.2) is 28.0 Å². The lowest BCUT2D eigenvalue weighted by Crippen LogP contribution is -2.41. The number of amides is 1. The molecule has 7 heteroatoms. The molecule has 0 spiro atoms. The second-order valence-corrected chi connectivity index (χ2v) is 7.94. The maximum absolute atomic E-state index is 13.4. The van der Waals surface area contributed by atoms with Crippen molar-refractivity contribution in [3.05, 3.63) is 82.6 Å². The second kappa shape index (κ2) is 8.59. The second-order valence-electron chi connectivity index (χ2n) is 7.08. The lowest BCUT2D eigenvalue weighted by Gasteiger charge is -2.16. The lowest BCUT2D eigenvalue weighted by atomic mass is 9.99. The summed E-state index contributed by atoms with van der Waals surface area (Å²) in [5.41, 5.74) is 4.29. The largest absolute Gasteiger partial charge is 0.480 e. The first kappa shape index (κ1) is 20.0. The van der Waals surface area contributed by atoms with E-state index in [-0.39, 0.29) is 18.7 Å². The number of aliphatic carboxylic acids is 1. The molecule has 1 heterocycles. The number of hydrogen-bond donors (Lipinski definition) is 2. The maximum atomic E-state index is 13.4. The van der Waals surface area contributed by atoms with Crippen LogP contribution in [0, 0.1) is 5.82 Å². The van der Waals surface area contributed by atoms with Crippen molar-refractivity contribution in [2.24, 2.45) is 0 Å². The number of nitrogens with zero attached hydrogens (tertiary/aromatic N) is 1. The van der Waals surface area contributed by atoms with E-state index in [0.717, 1.165) is 23.1 Å². The van der Waals surface area contributed by atoms with Crippen molar-refractivity contribution in [2.45, 2.75) is 25.3 Å². The van der Waals surface area contributed by atoms with Crippen LogP contribution in [0.15, 0.2) is 60.0 Å². The summed E-state index contributed by atoms with van der Waals surface area (Å²) in [5, 5.41) is 14.5. The minimum Gasteiger partial charge on any atom is -0.480 e. The van der Waals surface area contributed by atoms with Gasteiger partial charge in [0.1, 0.15) is 16.9 Å². The Kier molecular flexibility index (Phi) is 5.72. The number of rotatable bonds is 7. The van der Waals surface area contributed by atoms with Gasteiger partial charge in [0.15, 0.2) is 0 Å². The molecule has 0 saturated carbocycles. The molecule has 1 atom stereocenters. The summed E-state index contributed by atoms with van der Waals surface area (Å²) in [5.74, 6) is -1.84. The highest BCUT2D eigenvalue weighted by atomic mass is 32.1. The van der Waals surface area contributed by atoms with E-state index in [4.69, 9.17) is 0 Å². The summed E-state index contributed by atoms with van der Waals surface area (Å²) in [6.45, 7) is 0. The summed E-state index contributed by atoms with van der Waals surface area (Å²) in [6, 6.07) is 12.9. The summed E-state index contributed by atoms with van der Waals surface area (Å²) in [6.07, 6.45) is 2.97. The van der Waals surface area contributed by atoms with Gasteiger partial charge >= 0.3 is 5.97 Å². The molecular formula is C23H19FN2O3S. The van der Waals surface area contributed by atoms with Gasteiger partial charge < -0.3 is 10.4 Å². The van der Waals surface area contributed by atoms with Crippen LogP contribution in [0.3, 0.4) is 0 Å². The number of carbonyl (C=O) groups is 2. The van der Waals surface area contributed by atoms with Crippen LogP contribution in [-0.2, 0) is 22.4 Å². The molecule has 5 nitrogen and oxygen atoms in total. The van der Waals surface area contributed by atoms with Crippen LogP contribution >= 0.6 is 11.3 Å². The molecule has 1 aromatic heterocycles. The fourth-order valence-electron chi connectivity index (χ4n) is 3.52. The van der Waals surface area contributed by atoms with Crippen LogP contribution in [0.4, 0.5) is 4.39 Å². The number of aromatic nitrogens is 1. The van der Waals surface area contributed by atoms with Gasteiger partial charge in [-0.05, 0) is 35.3 Å². The molecule has 0 saturated heterocycles. The van der Waals surface area contributed by atoms with Gasteiger partial charge in [0.2, 0.25) is 5.91 Å². The highest BCUT2D eigenvalue weighted by Gasteiger charge is 2.25. The van der Waals surface area contributed by atoms with Crippen LogP contribution in [0.2, 0.25) is 0 Å². The molecule has 0 aliphatic heterocycles. The molecule has 2 N–H and O–H groups in total. The predicted octanol–water partition coefficient (Wildman–Crippen LogP) is 4.09. The average Bonchev–Trinajstić information content (AvgIpc) is 3.35. The van der Waals surface area contributed by atoms with Gasteiger partial charge in [0.25, 0.3) is 0 Å². The third kappa shape index (κ3) is 4.46. The van der Waals surface area contributed by atoms with Gasteiger partial charge in [0, 0.05) is 17.4 Å². The third-order valence-corrected chi connectivity index (χ3v) is 5.89. The topological polar surface area (TPSA) is 79.3 Å². The van der Waals surface area contributed by atoms with E-state index in [1.807, 2.05) is 30.3 Å². The third-order valence-electron chi connectivity index (χ3n) is 4.95.